The van der Waals surface area contributed by atoms with Gasteiger partial charge in [0.05, 0.1) is 17.1 Å². The van der Waals surface area contributed by atoms with Gasteiger partial charge in [-0.25, -0.2) is 10.5 Å². The highest BCUT2D eigenvalue weighted by molar-refractivity contribution is 5.80. The molecule has 1 heterocycles. The van der Waals surface area contributed by atoms with Crippen molar-refractivity contribution in [3.05, 3.63) is 65.5 Å². The second-order valence-corrected chi connectivity index (χ2v) is 9.94. The lowest BCUT2D eigenvalue weighted by molar-refractivity contribution is -0.130. The highest BCUT2D eigenvalue weighted by atomic mass is 16.5. The van der Waals surface area contributed by atoms with E-state index in [0.29, 0.717) is 12.8 Å². The number of nitrogens with zero attached hydrogens (tertiary/aromatic N) is 2. The van der Waals surface area contributed by atoms with Crippen molar-refractivity contribution in [2.45, 2.75) is 70.9 Å². The number of carbonyl (C=O) groups excluding carboxylic acids is 1. The molecule has 0 spiro atoms. The van der Waals surface area contributed by atoms with Gasteiger partial charge in [-0.1, -0.05) is 71.0 Å². The maximum Gasteiger partial charge on any atom is 0.260 e. The lowest BCUT2D eigenvalue weighted by Crippen LogP contribution is -2.39. The fourth-order valence-corrected chi connectivity index (χ4v) is 3.90. The van der Waals surface area contributed by atoms with E-state index in [1.165, 1.54) is 11.1 Å². The van der Waals surface area contributed by atoms with Crippen molar-refractivity contribution in [2.75, 3.05) is 0 Å². The Morgan fingerprint density at radius 3 is 2.29 bits per heavy atom. The summed E-state index contributed by atoms with van der Waals surface area (Å²) in [6.07, 6.45) is 0.943. The first-order valence-corrected chi connectivity index (χ1v) is 10.8. The molecule has 0 fully saturated rings. The lowest BCUT2D eigenvalue weighted by atomic mass is 9.81. The molecule has 2 aromatic carbocycles. The van der Waals surface area contributed by atoms with Crippen molar-refractivity contribution in [1.82, 2.24) is 15.0 Å². The summed E-state index contributed by atoms with van der Waals surface area (Å²) < 4.78 is 2.23. The van der Waals surface area contributed by atoms with Gasteiger partial charge in [-0.15, -0.1) is 0 Å². The topological polar surface area (TPSA) is 93.2 Å². The quantitative estimate of drug-likeness (QED) is 0.395. The minimum Gasteiger partial charge on any atom is -0.327 e. The number of benzene rings is 2. The number of nitrogens with two attached hydrogens (primary N) is 1. The molecular formula is C25H34N4O2. The Morgan fingerprint density at radius 2 is 1.68 bits per heavy atom. The van der Waals surface area contributed by atoms with Crippen molar-refractivity contribution in [1.29, 1.82) is 0 Å². The highest BCUT2D eigenvalue weighted by Gasteiger charge is 2.25. The monoisotopic (exact) mass is 422 g/mol. The van der Waals surface area contributed by atoms with Gasteiger partial charge < -0.3 is 10.3 Å². The lowest BCUT2D eigenvalue weighted by Gasteiger charge is -2.28. The maximum absolute atomic E-state index is 11.6. The van der Waals surface area contributed by atoms with Gasteiger partial charge in [0, 0.05) is 18.4 Å². The molecule has 1 amide bonds. The standard InChI is InChI=1S/C25H34N4O2/c1-24(2,3)17-10-12-18(13-11-17)25(4,5)16-29-21-9-7-6-8-20(21)27-22(29)15-14-19(26)23(30)28-31/h6-13,19,31H,14-16,26H2,1-5H3,(H,28,30). The summed E-state index contributed by atoms with van der Waals surface area (Å²) in [6, 6.07) is 16.2. The second-order valence-electron chi connectivity index (χ2n) is 9.94. The third kappa shape index (κ3) is 5.14. The van der Waals surface area contributed by atoms with Crippen LogP contribution >= 0.6 is 0 Å². The molecular weight excluding hydrogens is 388 g/mol. The van der Waals surface area contributed by atoms with Gasteiger partial charge in [0.1, 0.15) is 5.82 Å². The molecule has 0 aliphatic heterocycles. The number of aryl methyl sites for hydroxylation is 1. The Morgan fingerprint density at radius 1 is 1.06 bits per heavy atom. The highest BCUT2D eigenvalue weighted by Crippen LogP contribution is 2.31. The Kier molecular flexibility index (Phi) is 6.53. The van der Waals surface area contributed by atoms with Crippen molar-refractivity contribution in [2.24, 2.45) is 5.73 Å². The van der Waals surface area contributed by atoms with Crippen molar-refractivity contribution in [3.63, 3.8) is 0 Å². The molecule has 6 heteroatoms. The zero-order valence-electron chi connectivity index (χ0n) is 19.1. The van der Waals surface area contributed by atoms with Crippen molar-refractivity contribution in [3.8, 4) is 0 Å². The van der Waals surface area contributed by atoms with Crippen LogP contribution < -0.4 is 11.2 Å². The van der Waals surface area contributed by atoms with Crippen LogP contribution in [0.15, 0.2) is 48.5 Å². The average molecular weight is 423 g/mol. The van der Waals surface area contributed by atoms with E-state index in [1.807, 2.05) is 18.2 Å². The molecule has 1 aromatic heterocycles. The number of hydrogen-bond donors (Lipinski definition) is 3. The first-order chi connectivity index (χ1) is 14.5. The third-order valence-electron chi connectivity index (χ3n) is 5.95. The van der Waals surface area contributed by atoms with E-state index >= 15 is 0 Å². The molecule has 1 atom stereocenters. The first-order valence-electron chi connectivity index (χ1n) is 10.8. The van der Waals surface area contributed by atoms with Crippen LogP contribution in [-0.2, 0) is 28.6 Å². The Hall–Kier alpha value is -2.70. The summed E-state index contributed by atoms with van der Waals surface area (Å²) in [7, 11) is 0. The first kappa shape index (κ1) is 23.0. The number of nitrogens with one attached hydrogen (secondary N) is 1. The molecule has 0 saturated carbocycles. The summed E-state index contributed by atoms with van der Waals surface area (Å²) in [5, 5.41) is 8.82. The molecule has 0 bridgehead atoms. The third-order valence-corrected chi connectivity index (χ3v) is 5.95. The second kappa shape index (κ2) is 8.81. The Balaban J connectivity index is 1.91. The summed E-state index contributed by atoms with van der Waals surface area (Å²) in [5.74, 6) is 0.309. The largest absolute Gasteiger partial charge is 0.327 e. The van der Waals surface area contributed by atoms with Gasteiger partial charge in [-0.3, -0.25) is 10.0 Å². The zero-order valence-corrected chi connectivity index (χ0v) is 19.1. The Bertz CT molecular complexity index is 1050. The van der Waals surface area contributed by atoms with Crippen LogP contribution in [0, 0.1) is 0 Å². The van der Waals surface area contributed by atoms with Crippen LogP contribution in [0.25, 0.3) is 11.0 Å². The zero-order chi connectivity index (χ0) is 22.8. The number of amides is 1. The van der Waals surface area contributed by atoms with E-state index < -0.39 is 11.9 Å². The van der Waals surface area contributed by atoms with E-state index in [0.717, 1.165) is 23.4 Å². The molecule has 0 aliphatic rings. The molecule has 3 rings (SSSR count). The predicted molar refractivity (Wildman–Crippen MR) is 124 cm³/mol. The summed E-state index contributed by atoms with van der Waals surface area (Å²) in [5.41, 5.74) is 12.1. The fourth-order valence-electron chi connectivity index (χ4n) is 3.90. The number of imidazole rings is 1. The van der Waals surface area contributed by atoms with E-state index in [-0.39, 0.29) is 10.8 Å². The van der Waals surface area contributed by atoms with E-state index in [1.54, 1.807) is 5.48 Å². The molecule has 4 N–H and O–H groups in total. The van der Waals surface area contributed by atoms with Crippen LogP contribution in [-0.4, -0.2) is 26.7 Å². The predicted octanol–water partition coefficient (Wildman–Crippen LogP) is 4.08. The average Bonchev–Trinajstić information content (AvgIpc) is 3.07. The van der Waals surface area contributed by atoms with Crippen LogP contribution in [0.1, 0.15) is 58.0 Å². The van der Waals surface area contributed by atoms with Crippen molar-refractivity contribution >= 4 is 16.9 Å². The van der Waals surface area contributed by atoms with Crippen LogP contribution in [0.4, 0.5) is 0 Å². The van der Waals surface area contributed by atoms with E-state index in [9.17, 15) is 4.79 Å². The van der Waals surface area contributed by atoms with Gasteiger partial charge in [0.25, 0.3) is 5.91 Å². The fraction of sp³-hybridized carbons (Fsp3) is 0.440. The normalized spacial score (nSPS) is 13.4. The molecule has 31 heavy (non-hydrogen) atoms. The molecule has 1 unspecified atom stereocenters. The number of aromatic nitrogens is 2. The van der Waals surface area contributed by atoms with Crippen molar-refractivity contribution < 1.29 is 10.0 Å². The van der Waals surface area contributed by atoms with Crippen LogP contribution in [0.3, 0.4) is 0 Å². The SMILES string of the molecule is CC(C)(C)c1ccc(C(C)(C)Cn2c(CCC(N)C(=O)NO)nc3ccccc32)cc1. The molecule has 0 saturated heterocycles. The number of fused-ring (bicyclic) bond motifs is 1. The summed E-state index contributed by atoms with van der Waals surface area (Å²) >= 11 is 0. The smallest absolute Gasteiger partial charge is 0.260 e. The van der Waals surface area contributed by atoms with Gasteiger partial charge in [-0.05, 0) is 35.1 Å². The Labute approximate surface area is 184 Å². The minimum absolute atomic E-state index is 0.121. The number of rotatable bonds is 7. The molecule has 3 aromatic rings. The summed E-state index contributed by atoms with van der Waals surface area (Å²) in [6.45, 7) is 11.9. The maximum atomic E-state index is 11.6. The van der Waals surface area contributed by atoms with E-state index in [2.05, 4.69) is 69.5 Å². The molecule has 0 aliphatic carbocycles. The molecule has 0 radical (unpaired) electrons. The number of para-hydroxylation sites is 2. The molecule has 6 nitrogen and oxygen atoms in total. The summed E-state index contributed by atoms with van der Waals surface area (Å²) in [4.78, 5) is 16.4. The van der Waals surface area contributed by atoms with Crippen LogP contribution in [0.5, 0.6) is 0 Å². The van der Waals surface area contributed by atoms with Crippen LogP contribution in [0.2, 0.25) is 0 Å². The van der Waals surface area contributed by atoms with Gasteiger partial charge in [0.2, 0.25) is 0 Å². The number of hydrogen-bond acceptors (Lipinski definition) is 4. The van der Waals surface area contributed by atoms with Gasteiger partial charge in [-0.2, -0.15) is 0 Å². The number of hydroxylamine groups is 1. The van der Waals surface area contributed by atoms with Gasteiger partial charge >= 0.3 is 0 Å². The molecule has 166 valence electrons. The minimum atomic E-state index is -0.781. The number of carbonyl (C=O) groups is 1. The van der Waals surface area contributed by atoms with E-state index in [4.69, 9.17) is 15.9 Å². The van der Waals surface area contributed by atoms with Gasteiger partial charge in [0.15, 0.2) is 0 Å².